The standard InChI is InChI=1S/C28H30ClN5O2S/c1-36-10-6-18-11-26(35)34(32-15-18)17-22-14-25-28(37-22)23(5-8-31-25)24-13-20(29)12-19-3-2-9-33(27(19)24)21-4-7-30-16-21/h5,8,11-15,21,30H,2-4,6-7,9-10,16-17H2,1H3. The number of hydrogen-bond donors (Lipinski definition) is 1. The van der Waals surface area contributed by atoms with Gasteiger partial charge in [-0.25, -0.2) is 4.68 Å². The van der Waals surface area contributed by atoms with Crippen molar-refractivity contribution in [2.24, 2.45) is 0 Å². The van der Waals surface area contributed by atoms with Gasteiger partial charge in [0, 0.05) is 65.2 Å². The topological polar surface area (TPSA) is 72.3 Å². The monoisotopic (exact) mass is 535 g/mol. The Labute approximate surface area is 225 Å². The molecule has 2 aliphatic heterocycles. The van der Waals surface area contributed by atoms with Crippen LogP contribution in [0.5, 0.6) is 0 Å². The van der Waals surface area contributed by atoms with Crippen LogP contribution >= 0.6 is 22.9 Å². The van der Waals surface area contributed by atoms with Gasteiger partial charge in [-0.2, -0.15) is 5.10 Å². The smallest absolute Gasteiger partial charge is 0.267 e. The molecule has 5 heterocycles. The molecule has 4 aromatic rings. The van der Waals surface area contributed by atoms with Crippen molar-refractivity contribution in [1.82, 2.24) is 20.1 Å². The summed E-state index contributed by atoms with van der Waals surface area (Å²) in [5.41, 5.74) is 6.67. The molecule has 0 radical (unpaired) electrons. The van der Waals surface area contributed by atoms with Gasteiger partial charge in [-0.05, 0) is 67.6 Å². The Morgan fingerprint density at radius 1 is 1.24 bits per heavy atom. The molecule has 0 saturated carbocycles. The molecule has 0 spiro atoms. The molecule has 1 unspecified atom stereocenters. The van der Waals surface area contributed by atoms with Gasteiger partial charge in [-0.3, -0.25) is 9.78 Å². The molecular weight excluding hydrogens is 506 g/mol. The van der Waals surface area contributed by atoms with Gasteiger partial charge in [0.2, 0.25) is 0 Å². The second-order valence-electron chi connectivity index (χ2n) is 9.79. The molecule has 7 nitrogen and oxygen atoms in total. The van der Waals surface area contributed by atoms with E-state index in [1.54, 1.807) is 30.7 Å². The molecule has 192 valence electrons. The summed E-state index contributed by atoms with van der Waals surface area (Å²) >= 11 is 8.34. The van der Waals surface area contributed by atoms with Crippen molar-refractivity contribution >= 4 is 38.8 Å². The number of methoxy groups -OCH3 is 1. The van der Waals surface area contributed by atoms with Crippen LogP contribution in [0.1, 0.15) is 28.8 Å². The van der Waals surface area contributed by atoms with Crippen molar-refractivity contribution in [3.63, 3.8) is 0 Å². The molecule has 0 aliphatic carbocycles. The third kappa shape index (κ3) is 4.91. The van der Waals surface area contributed by atoms with E-state index in [0.717, 1.165) is 70.1 Å². The molecule has 6 rings (SSSR count). The number of aromatic nitrogens is 3. The molecule has 9 heteroatoms. The molecule has 1 aromatic carbocycles. The van der Waals surface area contributed by atoms with E-state index in [1.807, 2.05) is 6.20 Å². The van der Waals surface area contributed by atoms with Crippen LogP contribution in [0.3, 0.4) is 0 Å². The van der Waals surface area contributed by atoms with E-state index in [4.69, 9.17) is 16.3 Å². The van der Waals surface area contributed by atoms with Gasteiger partial charge in [-0.15, -0.1) is 11.3 Å². The zero-order valence-corrected chi connectivity index (χ0v) is 22.4. The first kappa shape index (κ1) is 24.6. The SMILES string of the molecule is COCCc1cnn(Cc2cc3nccc(-c4cc(Cl)cc5c4N(C4CCNC4)CCC5)c3s2)c(=O)c1. The molecule has 0 bridgehead atoms. The minimum absolute atomic E-state index is 0.107. The van der Waals surface area contributed by atoms with Crippen molar-refractivity contribution in [2.45, 2.75) is 38.3 Å². The number of benzene rings is 1. The number of aryl methyl sites for hydroxylation is 1. The van der Waals surface area contributed by atoms with Crippen LogP contribution in [0.2, 0.25) is 5.02 Å². The molecule has 37 heavy (non-hydrogen) atoms. The number of thiophene rings is 1. The Hall–Kier alpha value is -2.78. The summed E-state index contributed by atoms with van der Waals surface area (Å²) in [5.74, 6) is 0. The highest BCUT2D eigenvalue weighted by molar-refractivity contribution is 7.19. The van der Waals surface area contributed by atoms with Crippen LogP contribution < -0.4 is 15.8 Å². The first-order chi connectivity index (χ1) is 18.1. The summed E-state index contributed by atoms with van der Waals surface area (Å²) in [4.78, 5) is 21.0. The quantitative estimate of drug-likeness (QED) is 0.375. The lowest BCUT2D eigenvalue weighted by Gasteiger charge is -2.38. The molecule has 2 aliphatic rings. The van der Waals surface area contributed by atoms with Gasteiger partial charge in [0.1, 0.15) is 0 Å². The van der Waals surface area contributed by atoms with Gasteiger partial charge in [-0.1, -0.05) is 11.6 Å². The summed E-state index contributed by atoms with van der Waals surface area (Å²) < 4.78 is 7.74. The summed E-state index contributed by atoms with van der Waals surface area (Å²) in [6.07, 6.45) is 7.64. The summed E-state index contributed by atoms with van der Waals surface area (Å²) in [5, 5.41) is 8.70. The predicted octanol–water partition coefficient (Wildman–Crippen LogP) is 4.53. The summed E-state index contributed by atoms with van der Waals surface area (Å²) in [6.45, 7) is 4.12. The second-order valence-corrected chi connectivity index (χ2v) is 11.4. The first-order valence-corrected chi connectivity index (χ1v) is 14.0. The minimum Gasteiger partial charge on any atom is -0.384 e. The third-order valence-corrected chi connectivity index (χ3v) is 8.70. The van der Waals surface area contributed by atoms with Crippen LogP contribution in [0.25, 0.3) is 21.3 Å². The van der Waals surface area contributed by atoms with Gasteiger partial charge in [0.15, 0.2) is 0 Å². The maximum atomic E-state index is 12.7. The number of nitrogens with zero attached hydrogens (tertiary/aromatic N) is 4. The lowest BCUT2D eigenvalue weighted by Crippen LogP contribution is -2.40. The largest absolute Gasteiger partial charge is 0.384 e. The Bertz CT molecular complexity index is 1490. The average molecular weight is 536 g/mol. The van der Waals surface area contributed by atoms with Gasteiger partial charge >= 0.3 is 0 Å². The zero-order valence-electron chi connectivity index (χ0n) is 20.9. The van der Waals surface area contributed by atoms with Crippen LogP contribution in [0.15, 0.2) is 47.5 Å². The van der Waals surface area contributed by atoms with Crippen molar-refractivity contribution in [2.75, 3.05) is 38.3 Å². The van der Waals surface area contributed by atoms with E-state index in [2.05, 4.69) is 44.6 Å². The van der Waals surface area contributed by atoms with E-state index >= 15 is 0 Å². The number of halogens is 1. The summed E-state index contributed by atoms with van der Waals surface area (Å²) in [6, 6.07) is 10.6. The lowest BCUT2D eigenvalue weighted by atomic mass is 9.92. The highest BCUT2D eigenvalue weighted by atomic mass is 35.5. The van der Waals surface area contributed by atoms with E-state index in [0.29, 0.717) is 25.6 Å². The Balaban J connectivity index is 1.39. The highest BCUT2D eigenvalue weighted by Gasteiger charge is 2.30. The van der Waals surface area contributed by atoms with Crippen LogP contribution in [0.4, 0.5) is 5.69 Å². The molecule has 1 atom stereocenters. The van der Waals surface area contributed by atoms with Crippen LogP contribution in [-0.4, -0.2) is 54.2 Å². The summed E-state index contributed by atoms with van der Waals surface area (Å²) in [7, 11) is 1.65. The fourth-order valence-corrected chi connectivity index (χ4v) is 6.95. The number of rotatable bonds is 7. The minimum atomic E-state index is -0.107. The number of anilines is 1. The molecular formula is C28H30ClN5O2S. The van der Waals surface area contributed by atoms with E-state index in [-0.39, 0.29) is 5.56 Å². The van der Waals surface area contributed by atoms with Gasteiger partial charge < -0.3 is 15.0 Å². The molecule has 0 amide bonds. The fraction of sp³-hybridized carbons (Fsp3) is 0.393. The van der Waals surface area contributed by atoms with Crippen LogP contribution in [0, 0.1) is 0 Å². The van der Waals surface area contributed by atoms with Gasteiger partial charge in [0.25, 0.3) is 5.56 Å². The maximum Gasteiger partial charge on any atom is 0.267 e. The second kappa shape index (κ2) is 10.5. The molecule has 1 saturated heterocycles. The average Bonchev–Trinajstić information content (AvgIpc) is 3.58. The Kier molecular flexibility index (Phi) is 6.99. The molecule has 3 aromatic heterocycles. The van der Waals surface area contributed by atoms with Crippen LogP contribution in [-0.2, 0) is 24.1 Å². The van der Waals surface area contributed by atoms with Gasteiger partial charge in [0.05, 0.1) is 29.6 Å². The third-order valence-electron chi connectivity index (χ3n) is 7.34. The maximum absolute atomic E-state index is 12.7. The molecule has 1 N–H and O–H groups in total. The number of hydrogen-bond acceptors (Lipinski definition) is 7. The van der Waals surface area contributed by atoms with E-state index < -0.39 is 0 Å². The van der Waals surface area contributed by atoms with Crippen molar-refractivity contribution in [3.8, 4) is 11.1 Å². The zero-order chi connectivity index (χ0) is 25.4. The number of fused-ring (bicyclic) bond motifs is 2. The highest BCUT2D eigenvalue weighted by Crippen LogP contribution is 2.44. The fourth-order valence-electron chi connectivity index (χ4n) is 5.58. The van der Waals surface area contributed by atoms with E-state index in [1.165, 1.54) is 21.5 Å². The van der Waals surface area contributed by atoms with Crippen molar-refractivity contribution in [1.29, 1.82) is 0 Å². The number of nitrogens with one attached hydrogen (secondary N) is 1. The van der Waals surface area contributed by atoms with Crippen molar-refractivity contribution < 1.29 is 4.74 Å². The molecule has 1 fully saturated rings. The first-order valence-electron chi connectivity index (χ1n) is 12.8. The predicted molar refractivity (Wildman–Crippen MR) is 150 cm³/mol. The normalized spacial score (nSPS) is 17.5. The lowest BCUT2D eigenvalue weighted by molar-refractivity contribution is 0.202. The Morgan fingerprint density at radius 3 is 2.97 bits per heavy atom. The van der Waals surface area contributed by atoms with E-state index in [9.17, 15) is 4.79 Å². The van der Waals surface area contributed by atoms with Crippen molar-refractivity contribution in [3.05, 3.63) is 74.1 Å². The number of ether oxygens (including phenoxy) is 1. The number of pyridine rings is 1. The Morgan fingerprint density at radius 2 is 2.16 bits per heavy atom.